The molecule has 2 fully saturated rings. The predicted molar refractivity (Wildman–Crippen MR) is 77.3 cm³/mol. The fourth-order valence-electron chi connectivity index (χ4n) is 2.83. The molecule has 5 nitrogen and oxygen atoms in total. The fraction of sp³-hybridized carbons (Fsp3) is 0.917. The average molecular weight is 311 g/mol. The minimum absolute atomic E-state index is 0. The topological polar surface area (TPSA) is 66.5 Å². The van der Waals surface area contributed by atoms with Crippen molar-refractivity contribution in [2.75, 3.05) is 25.4 Å². The summed E-state index contributed by atoms with van der Waals surface area (Å²) < 4.78 is 24.3. The number of piperazine rings is 1. The summed E-state index contributed by atoms with van der Waals surface area (Å²) in [6.45, 7) is 4.06. The summed E-state index contributed by atoms with van der Waals surface area (Å²) in [5.74, 6) is -0.530. The van der Waals surface area contributed by atoms with Crippen LogP contribution >= 0.6 is 12.4 Å². The fourth-order valence-corrected chi connectivity index (χ4v) is 4.63. The standard InChI is InChI=1S/C12H22N2O3S.ClH/c1-10-8-13-6-7-14(10)12(15)9-18(16,17)11-4-2-3-5-11;/h10-11,13H,2-9H2,1H3;1H. The molecular weight excluding hydrogens is 288 g/mol. The Kier molecular flexibility index (Phi) is 6.08. The Morgan fingerprint density at radius 3 is 2.53 bits per heavy atom. The molecule has 112 valence electrons. The Morgan fingerprint density at radius 1 is 1.32 bits per heavy atom. The summed E-state index contributed by atoms with van der Waals surface area (Å²) in [5.41, 5.74) is 0. The number of carbonyl (C=O) groups is 1. The van der Waals surface area contributed by atoms with Gasteiger partial charge in [0.25, 0.3) is 0 Å². The van der Waals surface area contributed by atoms with E-state index in [1.54, 1.807) is 4.90 Å². The highest BCUT2D eigenvalue weighted by molar-refractivity contribution is 7.92. The molecule has 1 atom stereocenters. The monoisotopic (exact) mass is 310 g/mol. The molecule has 1 amide bonds. The van der Waals surface area contributed by atoms with Crippen LogP contribution in [0.3, 0.4) is 0 Å². The van der Waals surface area contributed by atoms with Gasteiger partial charge in [0.2, 0.25) is 5.91 Å². The number of rotatable bonds is 3. The summed E-state index contributed by atoms with van der Waals surface area (Å²) in [6, 6.07) is 0.0880. The van der Waals surface area contributed by atoms with E-state index in [1.807, 2.05) is 6.92 Å². The van der Waals surface area contributed by atoms with E-state index < -0.39 is 9.84 Å². The molecule has 7 heteroatoms. The van der Waals surface area contributed by atoms with Crippen molar-refractivity contribution < 1.29 is 13.2 Å². The molecule has 1 saturated carbocycles. The summed E-state index contributed by atoms with van der Waals surface area (Å²) in [4.78, 5) is 13.8. The van der Waals surface area contributed by atoms with Gasteiger partial charge in [-0.3, -0.25) is 4.79 Å². The van der Waals surface area contributed by atoms with Crippen molar-refractivity contribution in [3.05, 3.63) is 0 Å². The molecule has 0 spiro atoms. The van der Waals surface area contributed by atoms with Crippen molar-refractivity contribution in [3.8, 4) is 0 Å². The molecule has 0 radical (unpaired) electrons. The number of amides is 1. The third kappa shape index (κ3) is 4.07. The Hall–Kier alpha value is -0.330. The molecule has 1 heterocycles. The molecule has 1 N–H and O–H groups in total. The molecule has 0 aromatic heterocycles. The summed E-state index contributed by atoms with van der Waals surface area (Å²) in [5, 5.41) is 2.92. The first-order valence-electron chi connectivity index (χ1n) is 6.72. The molecule has 19 heavy (non-hydrogen) atoms. The van der Waals surface area contributed by atoms with Crippen LogP contribution in [0.5, 0.6) is 0 Å². The van der Waals surface area contributed by atoms with Crippen LogP contribution in [0.25, 0.3) is 0 Å². The van der Waals surface area contributed by atoms with Crippen molar-refractivity contribution >= 4 is 28.2 Å². The smallest absolute Gasteiger partial charge is 0.238 e. The molecule has 0 aromatic rings. The summed E-state index contributed by atoms with van der Waals surface area (Å²) in [6.07, 6.45) is 3.41. The SMILES string of the molecule is CC1CNCCN1C(=O)CS(=O)(=O)C1CCCC1.Cl. The van der Waals surface area contributed by atoms with Gasteiger partial charge >= 0.3 is 0 Å². The molecular formula is C12H23ClN2O3S. The van der Waals surface area contributed by atoms with Gasteiger partial charge in [0, 0.05) is 25.7 Å². The van der Waals surface area contributed by atoms with Crippen LogP contribution in [0.2, 0.25) is 0 Å². The number of halogens is 1. The van der Waals surface area contributed by atoms with Crippen LogP contribution < -0.4 is 5.32 Å². The van der Waals surface area contributed by atoms with E-state index in [2.05, 4.69) is 5.32 Å². The summed E-state index contributed by atoms with van der Waals surface area (Å²) >= 11 is 0. The minimum atomic E-state index is -3.24. The van der Waals surface area contributed by atoms with Crippen molar-refractivity contribution in [1.29, 1.82) is 0 Å². The maximum atomic E-state index is 12.1. The van der Waals surface area contributed by atoms with E-state index in [0.29, 0.717) is 6.54 Å². The van der Waals surface area contributed by atoms with Crippen LogP contribution in [0, 0.1) is 0 Å². The van der Waals surface area contributed by atoms with E-state index in [9.17, 15) is 13.2 Å². The van der Waals surface area contributed by atoms with Gasteiger partial charge in [-0.25, -0.2) is 8.42 Å². The molecule has 1 aliphatic carbocycles. The van der Waals surface area contributed by atoms with Crippen LogP contribution in [-0.2, 0) is 14.6 Å². The Balaban J connectivity index is 0.00000180. The molecule has 0 bridgehead atoms. The predicted octanol–water partition coefficient (Wildman–Crippen LogP) is 0.586. The van der Waals surface area contributed by atoms with E-state index in [0.717, 1.165) is 38.8 Å². The lowest BCUT2D eigenvalue weighted by molar-refractivity contribution is -0.131. The first-order chi connectivity index (χ1) is 8.50. The zero-order valence-corrected chi connectivity index (χ0v) is 12.9. The average Bonchev–Trinajstić information content (AvgIpc) is 2.82. The van der Waals surface area contributed by atoms with Crippen molar-refractivity contribution in [2.45, 2.75) is 43.9 Å². The highest BCUT2D eigenvalue weighted by Crippen LogP contribution is 2.25. The van der Waals surface area contributed by atoms with Crippen LogP contribution in [0.1, 0.15) is 32.6 Å². The Bertz CT molecular complexity index is 407. The van der Waals surface area contributed by atoms with Gasteiger partial charge in [-0.1, -0.05) is 12.8 Å². The second-order valence-electron chi connectivity index (χ2n) is 5.35. The number of hydrogen-bond acceptors (Lipinski definition) is 4. The van der Waals surface area contributed by atoms with Gasteiger partial charge in [0.05, 0.1) is 5.25 Å². The molecule has 2 rings (SSSR count). The van der Waals surface area contributed by atoms with E-state index in [4.69, 9.17) is 0 Å². The number of nitrogens with zero attached hydrogens (tertiary/aromatic N) is 1. The van der Waals surface area contributed by atoms with Crippen LogP contribution in [0.4, 0.5) is 0 Å². The third-order valence-electron chi connectivity index (χ3n) is 3.96. The van der Waals surface area contributed by atoms with Gasteiger partial charge in [0.1, 0.15) is 5.75 Å². The maximum Gasteiger partial charge on any atom is 0.238 e. The molecule has 2 aliphatic rings. The number of hydrogen-bond donors (Lipinski definition) is 1. The van der Waals surface area contributed by atoms with Crippen molar-refractivity contribution in [1.82, 2.24) is 10.2 Å². The largest absolute Gasteiger partial charge is 0.337 e. The van der Waals surface area contributed by atoms with Gasteiger partial charge in [-0.15, -0.1) is 12.4 Å². The van der Waals surface area contributed by atoms with Gasteiger partial charge in [-0.2, -0.15) is 0 Å². The third-order valence-corrected chi connectivity index (χ3v) is 6.09. The van der Waals surface area contributed by atoms with E-state index in [-0.39, 0.29) is 35.4 Å². The highest BCUT2D eigenvalue weighted by atomic mass is 35.5. The maximum absolute atomic E-state index is 12.1. The van der Waals surface area contributed by atoms with Gasteiger partial charge < -0.3 is 10.2 Å². The van der Waals surface area contributed by atoms with Crippen LogP contribution in [0.15, 0.2) is 0 Å². The molecule has 0 aromatic carbocycles. The summed E-state index contributed by atoms with van der Waals surface area (Å²) in [7, 11) is -3.24. The van der Waals surface area contributed by atoms with E-state index >= 15 is 0 Å². The zero-order valence-electron chi connectivity index (χ0n) is 11.3. The van der Waals surface area contributed by atoms with Crippen molar-refractivity contribution in [3.63, 3.8) is 0 Å². The first kappa shape index (κ1) is 16.7. The molecule has 1 saturated heterocycles. The number of carbonyl (C=O) groups excluding carboxylic acids is 1. The van der Waals surface area contributed by atoms with E-state index in [1.165, 1.54) is 0 Å². The first-order valence-corrected chi connectivity index (χ1v) is 8.44. The zero-order chi connectivity index (χ0) is 13.2. The lowest BCUT2D eigenvalue weighted by atomic mass is 10.2. The lowest BCUT2D eigenvalue weighted by Gasteiger charge is -2.34. The Labute approximate surface area is 121 Å². The van der Waals surface area contributed by atoms with Gasteiger partial charge in [0.15, 0.2) is 9.84 Å². The normalized spacial score (nSPS) is 25.1. The second-order valence-corrected chi connectivity index (χ2v) is 7.64. The van der Waals surface area contributed by atoms with Crippen molar-refractivity contribution in [2.24, 2.45) is 0 Å². The van der Waals surface area contributed by atoms with Crippen LogP contribution in [-0.4, -0.2) is 55.9 Å². The number of sulfone groups is 1. The quantitative estimate of drug-likeness (QED) is 0.828. The second kappa shape index (κ2) is 6.90. The number of nitrogens with one attached hydrogen (secondary N) is 1. The Morgan fingerprint density at radius 2 is 1.95 bits per heavy atom. The molecule has 1 aliphatic heterocycles. The van der Waals surface area contributed by atoms with Gasteiger partial charge in [-0.05, 0) is 19.8 Å². The minimum Gasteiger partial charge on any atom is -0.337 e. The molecule has 1 unspecified atom stereocenters. The lowest BCUT2D eigenvalue weighted by Crippen LogP contribution is -2.53. The highest BCUT2D eigenvalue weighted by Gasteiger charge is 2.33.